The van der Waals surface area contributed by atoms with E-state index in [4.69, 9.17) is 4.74 Å². The summed E-state index contributed by atoms with van der Waals surface area (Å²) in [6.07, 6.45) is 2.48. The Kier molecular flexibility index (Phi) is 6.10. The number of nitrogens with zero attached hydrogens (tertiary/aromatic N) is 1. The summed E-state index contributed by atoms with van der Waals surface area (Å²) < 4.78 is 19.8. The molecule has 3 nitrogen and oxygen atoms in total. The van der Waals surface area contributed by atoms with Crippen molar-refractivity contribution in [3.63, 3.8) is 0 Å². The first-order valence-electron chi connectivity index (χ1n) is 8.37. The third kappa shape index (κ3) is 4.71. The number of ether oxygens (including phenoxy) is 1. The van der Waals surface area contributed by atoms with Gasteiger partial charge in [-0.1, -0.05) is 25.1 Å². The second-order valence-corrected chi connectivity index (χ2v) is 7.25. The smallest absolute Gasteiger partial charge is 0.176 e. The van der Waals surface area contributed by atoms with Crippen molar-refractivity contribution in [2.45, 2.75) is 31.2 Å². The Morgan fingerprint density at radius 1 is 1.25 bits per heavy atom. The number of hydrogen-bond acceptors (Lipinski definition) is 4. The van der Waals surface area contributed by atoms with Crippen molar-refractivity contribution in [2.75, 3.05) is 19.0 Å². The maximum Gasteiger partial charge on any atom is 0.176 e. The molecule has 2 atom stereocenters. The molecule has 1 aromatic carbocycles. The zero-order valence-electron chi connectivity index (χ0n) is 13.9. The molecule has 128 valence electrons. The monoisotopic (exact) mass is 346 g/mol. The average Bonchev–Trinajstić information content (AvgIpc) is 3.14. The van der Waals surface area contributed by atoms with Gasteiger partial charge in [0.05, 0.1) is 5.69 Å². The van der Waals surface area contributed by atoms with Crippen molar-refractivity contribution < 1.29 is 9.13 Å². The van der Waals surface area contributed by atoms with Gasteiger partial charge in [-0.3, -0.25) is 4.98 Å². The van der Waals surface area contributed by atoms with Gasteiger partial charge < -0.3 is 10.1 Å². The first-order valence-corrected chi connectivity index (χ1v) is 9.42. The van der Waals surface area contributed by atoms with E-state index in [2.05, 4.69) is 29.4 Å². The van der Waals surface area contributed by atoms with E-state index in [0.717, 1.165) is 30.8 Å². The lowest BCUT2D eigenvalue weighted by molar-refractivity contribution is 0.194. The highest BCUT2D eigenvalue weighted by molar-refractivity contribution is 8.00. The molecule has 1 aromatic heterocycles. The number of aromatic nitrogens is 1. The number of benzene rings is 1. The van der Waals surface area contributed by atoms with Crippen molar-refractivity contribution in [1.29, 1.82) is 0 Å². The van der Waals surface area contributed by atoms with Crippen molar-refractivity contribution in [3.05, 3.63) is 59.4 Å². The summed E-state index contributed by atoms with van der Waals surface area (Å²) in [5.41, 5.74) is 2.82. The average molecular weight is 346 g/mol. The molecule has 0 bridgehead atoms. The Balaban J connectivity index is 1.50. The first-order chi connectivity index (χ1) is 11.7. The molecular formula is C19H23FN2OS. The van der Waals surface area contributed by atoms with E-state index in [1.165, 1.54) is 5.56 Å². The summed E-state index contributed by atoms with van der Waals surface area (Å²) in [5.74, 6) is 1.74. The fourth-order valence-corrected chi connectivity index (χ4v) is 3.67. The van der Waals surface area contributed by atoms with Crippen molar-refractivity contribution in [2.24, 2.45) is 0 Å². The normalized spacial score (nSPS) is 18.5. The number of rotatable bonds is 7. The second kappa shape index (κ2) is 8.49. The molecule has 2 aromatic rings. The van der Waals surface area contributed by atoms with Crippen LogP contribution in [0.3, 0.4) is 0 Å². The molecule has 24 heavy (non-hydrogen) atoms. The van der Waals surface area contributed by atoms with E-state index in [9.17, 15) is 4.39 Å². The summed E-state index contributed by atoms with van der Waals surface area (Å²) >= 11 is 1.96. The largest absolute Gasteiger partial charge is 0.490 e. The van der Waals surface area contributed by atoms with Crippen LogP contribution >= 0.6 is 11.8 Å². The Morgan fingerprint density at radius 3 is 2.67 bits per heavy atom. The van der Waals surface area contributed by atoms with Gasteiger partial charge >= 0.3 is 0 Å². The number of pyridine rings is 1. The number of nitrogens with one attached hydrogen (secondary N) is 1. The highest BCUT2D eigenvalue weighted by Gasteiger charge is 2.15. The summed E-state index contributed by atoms with van der Waals surface area (Å²) in [7, 11) is 0. The van der Waals surface area contributed by atoms with Gasteiger partial charge in [0.2, 0.25) is 0 Å². The van der Waals surface area contributed by atoms with Gasteiger partial charge in [0, 0.05) is 23.9 Å². The maximum atomic E-state index is 14.2. The summed E-state index contributed by atoms with van der Waals surface area (Å²) in [6.45, 7) is 3.11. The second-order valence-electron chi connectivity index (χ2n) is 5.96. The van der Waals surface area contributed by atoms with E-state index < -0.39 is 6.17 Å². The van der Waals surface area contributed by atoms with E-state index in [1.807, 2.05) is 30.0 Å². The van der Waals surface area contributed by atoms with Crippen LogP contribution < -0.4 is 10.1 Å². The summed E-state index contributed by atoms with van der Waals surface area (Å²) in [4.78, 5) is 4.17. The van der Waals surface area contributed by atoms with Crippen LogP contribution in [0, 0.1) is 0 Å². The van der Waals surface area contributed by atoms with Gasteiger partial charge in [-0.15, -0.1) is 11.8 Å². The Morgan fingerprint density at radius 2 is 2.04 bits per heavy atom. The molecule has 3 rings (SSSR count). The van der Waals surface area contributed by atoms with Crippen LogP contribution in [0.4, 0.5) is 4.39 Å². The van der Waals surface area contributed by atoms with E-state index in [0.29, 0.717) is 16.7 Å². The number of hydrogen-bond donors (Lipinski definition) is 1. The van der Waals surface area contributed by atoms with Crippen LogP contribution in [0.25, 0.3) is 0 Å². The highest BCUT2D eigenvalue weighted by Crippen LogP contribution is 2.22. The third-order valence-electron chi connectivity index (χ3n) is 4.15. The number of halogens is 1. The van der Waals surface area contributed by atoms with Crippen LogP contribution in [0.1, 0.15) is 29.9 Å². The minimum atomic E-state index is -1.21. The van der Waals surface area contributed by atoms with Crippen LogP contribution in [0.5, 0.6) is 5.75 Å². The van der Waals surface area contributed by atoms with Crippen LogP contribution in [-0.4, -0.2) is 29.3 Å². The van der Waals surface area contributed by atoms with E-state index in [1.54, 1.807) is 12.3 Å². The third-order valence-corrected chi connectivity index (χ3v) is 5.33. The fourth-order valence-electron chi connectivity index (χ4n) is 2.66. The van der Waals surface area contributed by atoms with Crippen LogP contribution in [0.15, 0.2) is 42.6 Å². The molecule has 0 spiro atoms. The quantitative estimate of drug-likeness (QED) is 0.823. The van der Waals surface area contributed by atoms with Gasteiger partial charge in [-0.2, -0.15) is 0 Å². The van der Waals surface area contributed by atoms with E-state index >= 15 is 0 Å². The molecule has 1 fully saturated rings. The Hall–Kier alpha value is -1.59. The first kappa shape index (κ1) is 17.2. The van der Waals surface area contributed by atoms with Crippen LogP contribution in [0.2, 0.25) is 0 Å². The molecule has 2 heterocycles. The highest BCUT2D eigenvalue weighted by atomic mass is 32.2. The zero-order chi connectivity index (χ0) is 16.8. The molecule has 0 radical (unpaired) electrons. The Labute approximate surface area is 147 Å². The van der Waals surface area contributed by atoms with Gasteiger partial charge in [-0.25, -0.2) is 4.39 Å². The van der Waals surface area contributed by atoms with Gasteiger partial charge in [-0.05, 0) is 42.2 Å². The molecule has 0 amide bonds. The van der Waals surface area contributed by atoms with Gasteiger partial charge in [0.1, 0.15) is 12.4 Å². The van der Waals surface area contributed by atoms with Crippen LogP contribution in [-0.2, 0) is 12.8 Å². The lowest BCUT2D eigenvalue weighted by atomic mass is 10.1. The molecule has 1 unspecified atom stereocenters. The number of thioether (sulfide) groups is 1. The number of aryl methyl sites for hydroxylation is 1. The summed E-state index contributed by atoms with van der Waals surface area (Å²) in [6, 6.07) is 11.6. The minimum Gasteiger partial charge on any atom is -0.490 e. The van der Waals surface area contributed by atoms with Gasteiger partial charge in [0.25, 0.3) is 0 Å². The molecular weight excluding hydrogens is 323 g/mol. The molecule has 5 heteroatoms. The molecule has 1 aliphatic heterocycles. The molecule has 0 saturated carbocycles. The topological polar surface area (TPSA) is 34.1 Å². The summed E-state index contributed by atoms with van der Waals surface area (Å²) in [5, 5.41) is 3.99. The van der Waals surface area contributed by atoms with E-state index in [-0.39, 0.29) is 6.61 Å². The SMILES string of the molecule is CCc1ccc([C@H](F)COc2ccc(CC3CNCS3)cc2)nc1. The maximum absolute atomic E-state index is 14.2. The molecule has 1 saturated heterocycles. The number of alkyl halides is 1. The van der Waals surface area contributed by atoms with Crippen molar-refractivity contribution in [3.8, 4) is 5.75 Å². The lowest BCUT2D eigenvalue weighted by Gasteiger charge is -2.12. The lowest BCUT2D eigenvalue weighted by Crippen LogP contribution is -2.14. The van der Waals surface area contributed by atoms with Crippen molar-refractivity contribution in [1.82, 2.24) is 10.3 Å². The van der Waals surface area contributed by atoms with Gasteiger partial charge in [0.15, 0.2) is 6.17 Å². The zero-order valence-corrected chi connectivity index (χ0v) is 14.7. The molecule has 0 aliphatic carbocycles. The minimum absolute atomic E-state index is 0.0137. The van der Waals surface area contributed by atoms with Crippen molar-refractivity contribution >= 4 is 11.8 Å². The molecule has 1 N–H and O–H groups in total. The molecule has 1 aliphatic rings. The fraction of sp³-hybridized carbons (Fsp3) is 0.421. The predicted octanol–water partition coefficient (Wildman–Crippen LogP) is 3.94. The Bertz CT molecular complexity index is 627. The standard InChI is InChI=1S/C19H23FN2OS/c1-2-14-5-8-19(22-10-14)18(20)12-23-16-6-3-15(4-7-16)9-17-11-21-13-24-17/h3-8,10,17-18,21H,2,9,11-13H2,1H3/t17?,18-/m1/s1. The predicted molar refractivity (Wildman–Crippen MR) is 97.4 cm³/mol.